The van der Waals surface area contributed by atoms with Gasteiger partial charge in [-0.25, -0.2) is 0 Å². The van der Waals surface area contributed by atoms with E-state index in [1.807, 2.05) is 24.3 Å². The minimum atomic E-state index is 0.0515. The molecule has 2 aliphatic rings. The highest BCUT2D eigenvalue weighted by Crippen LogP contribution is 2.13. The lowest BCUT2D eigenvalue weighted by Gasteiger charge is -2.26. The van der Waals surface area contributed by atoms with Gasteiger partial charge in [0.2, 0.25) is 0 Å². The number of nitrogens with one attached hydrogen (secondary N) is 1. The summed E-state index contributed by atoms with van der Waals surface area (Å²) < 4.78 is 0. The fourth-order valence-corrected chi connectivity index (χ4v) is 3.13. The van der Waals surface area contributed by atoms with Crippen LogP contribution in [0, 0.1) is 0 Å². The Morgan fingerprint density at radius 1 is 0.870 bits per heavy atom. The van der Waals surface area contributed by atoms with Gasteiger partial charge in [0.05, 0.1) is 0 Å². The number of amides is 1. The Bertz CT molecular complexity index is 633. The third-order valence-corrected chi connectivity index (χ3v) is 4.40. The third kappa shape index (κ3) is 4.42. The summed E-state index contributed by atoms with van der Waals surface area (Å²) in [6.45, 7) is 4.40. The Labute approximate surface area is 138 Å². The molecule has 3 nitrogen and oxygen atoms in total. The van der Waals surface area contributed by atoms with Gasteiger partial charge in [0.15, 0.2) is 0 Å². The van der Waals surface area contributed by atoms with E-state index in [0.29, 0.717) is 6.54 Å². The van der Waals surface area contributed by atoms with Gasteiger partial charge in [-0.3, -0.25) is 9.69 Å². The van der Waals surface area contributed by atoms with E-state index in [4.69, 9.17) is 0 Å². The van der Waals surface area contributed by atoms with Crippen LogP contribution in [-0.4, -0.2) is 23.9 Å². The summed E-state index contributed by atoms with van der Waals surface area (Å²) in [7, 11) is 0. The summed E-state index contributed by atoms with van der Waals surface area (Å²) >= 11 is 0. The van der Waals surface area contributed by atoms with Crippen molar-refractivity contribution in [1.82, 2.24) is 10.2 Å². The fourth-order valence-electron chi connectivity index (χ4n) is 3.13. The second-order valence-corrected chi connectivity index (χ2v) is 6.16. The molecule has 4 rings (SSSR count). The summed E-state index contributed by atoms with van der Waals surface area (Å²) in [5.41, 5.74) is 3.37. The monoisotopic (exact) mass is 308 g/mol. The second-order valence-electron chi connectivity index (χ2n) is 6.16. The molecule has 23 heavy (non-hydrogen) atoms. The average Bonchev–Trinajstić information content (AvgIpc) is 2.99. The van der Waals surface area contributed by atoms with Gasteiger partial charge in [0.1, 0.15) is 0 Å². The first-order valence-corrected chi connectivity index (χ1v) is 8.45. The zero-order chi connectivity index (χ0) is 15.9. The molecular formula is C20H24N2O. The molecule has 0 unspecified atom stereocenters. The molecule has 1 amide bonds. The van der Waals surface area contributed by atoms with Gasteiger partial charge in [-0.15, -0.1) is 0 Å². The number of hydrogen-bond donors (Lipinski definition) is 1. The van der Waals surface area contributed by atoms with Crippen molar-refractivity contribution < 1.29 is 4.79 Å². The number of carbonyl (C=O) groups excluding carboxylic acids is 1. The van der Waals surface area contributed by atoms with E-state index in [1.54, 1.807) is 0 Å². The van der Waals surface area contributed by atoms with Gasteiger partial charge in [0, 0.05) is 18.7 Å². The molecule has 0 aromatic heterocycles. The maximum atomic E-state index is 11.0. The second kappa shape index (κ2) is 7.93. The number of carbonyl (C=O) groups is 1. The van der Waals surface area contributed by atoms with Crippen molar-refractivity contribution in [3.8, 4) is 0 Å². The van der Waals surface area contributed by atoms with Gasteiger partial charge in [-0.2, -0.15) is 0 Å². The van der Waals surface area contributed by atoms with Crippen molar-refractivity contribution in [3.63, 3.8) is 0 Å². The zero-order valence-corrected chi connectivity index (χ0v) is 13.5. The van der Waals surface area contributed by atoms with Crippen molar-refractivity contribution in [2.24, 2.45) is 0 Å². The van der Waals surface area contributed by atoms with Crippen molar-refractivity contribution in [1.29, 1.82) is 0 Å². The van der Waals surface area contributed by atoms with Crippen LogP contribution in [-0.2, 0) is 13.1 Å². The minimum absolute atomic E-state index is 0.0515. The quantitative estimate of drug-likeness (QED) is 0.919. The molecule has 0 aliphatic carbocycles. The van der Waals surface area contributed by atoms with Gasteiger partial charge in [-0.1, -0.05) is 55.0 Å². The van der Waals surface area contributed by atoms with E-state index in [0.717, 1.165) is 17.7 Å². The first-order chi connectivity index (χ1) is 11.3. The van der Waals surface area contributed by atoms with E-state index in [-0.39, 0.29) is 5.91 Å². The number of hydrogen-bond acceptors (Lipinski definition) is 2. The summed E-state index contributed by atoms with van der Waals surface area (Å²) in [4.78, 5) is 13.5. The number of rotatable bonds is 2. The highest BCUT2D eigenvalue weighted by Gasteiger charge is 2.16. The SMILES string of the molecule is O=C1NCc2ccccc21.c1ccc(CN2CCCCC2)cc1. The minimum Gasteiger partial charge on any atom is -0.348 e. The van der Waals surface area contributed by atoms with Crippen LogP contribution in [0.3, 0.4) is 0 Å². The number of likely N-dealkylation sites (tertiary alicyclic amines) is 1. The maximum absolute atomic E-state index is 11.0. The molecule has 0 atom stereocenters. The lowest BCUT2D eigenvalue weighted by Crippen LogP contribution is -2.28. The van der Waals surface area contributed by atoms with E-state index >= 15 is 0 Å². The molecule has 3 heteroatoms. The average molecular weight is 308 g/mol. The van der Waals surface area contributed by atoms with Gasteiger partial charge in [-0.05, 0) is 43.1 Å². The molecule has 2 aliphatic heterocycles. The van der Waals surface area contributed by atoms with E-state index < -0.39 is 0 Å². The lowest BCUT2D eigenvalue weighted by molar-refractivity contribution is 0.0966. The molecular weight excluding hydrogens is 284 g/mol. The summed E-state index contributed by atoms with van der Waals surface area (Å²) in [5.74, 6) is 0.0515. The van der Waals surface area contributed by atoms with Crippen LogP contribution in [0.2, 0.25) is 0 Å². The van der Waals surface area contributed by atoms with Crippen molar-refractivity contribution in [3.05, 3.63) is 71.3 Å². The van der Waals surface area contributed by atoms with Crippen LogP contribution in [0.4, 0.5) is 0 Å². The van der Waals surface area contributed by atoms with Crippen molar-refractivity contribution in [2.45, 2.75) is 32.4 Å². The number of piperidine rings is 1. The van der Waals surface area contributed by atoms with Crippen LogP contribution < -0.4 is 5.32 Å². The van der Waals surface area contributed by atoms with Crippen LogP contribution in [0.1, 0.15) is 40.7 Å². The molecule has 1 N–H and O–H groups in total. The molecule has 0 bridgehead atoms. The normalized spacial score (nSPS) is 17.0. The molecule has 1 saturated heterocycles. The van der Waals surface area contributed by atoms with Crippen LogP contribution in [0.25, 0.3) is 0 Å². The number of nitrogens with zero attached hydrogens (tertiary/aromatic N) is 1. The third-order valence-electron chi connectivity index (χ3n) is 4.40. The molecule has 1 fully saturated rings. The first kappa shape index (κ1) is 15.8. The summed E-state index contributed by atoms with van der Waals surface area (Å²) in [6.07, 6.45) is 4.19. The predicted octanol–water partition coefficient (Wildman–Crippen LogP) is 3.60. The molecule has 120 valence electrons. The van der Waals surface area contributed by atoms with Crippen molar-refractivity contribution >= 4 is 5.91 Å². The van der Waals surface area contributed by atoms with Crippen LogP contribution in [0.5, 0.6) is 0 Å². The molecule has 0 spiro atoms. The Morgan fingerprint density at radius 3 is 2.30 bits per heavy atom. The van der Waals surface area contributed by atoms with Gasteiger partial charge >= 0.3 is 0 Å². The molecule has 0 saturated carbocycles. The lowest BCUT2D eigenvalue weighted by atomic mass is 10.1. The topological polar surface area (TPSA) is 32.3 Å². The Hall–Kier alpha value is -2.13. The number of fused-ring (bicyclic) bond motifs is 1. The molecule has 0 radical (unpaired) electrons. The fraction of sp³-hybridized carbons (Fsp3) is 0.350. The largest absolute Gasteiger partial charge is 0.348 e. The maximum Gasteiger partial charge on any atom is 0.251 e. The predicted molar refractivity (Wildman–Crippen MR) is 93.2 cm³/mol. The summed E-state index contributed by atoms with van der Waals surface area (Å²) in [5, 5.41) is 2.75. The highest BCUT2D eigenvalue weighted by atomic mass is 16.1. The van der Waals surface area contributed by atoms with E-state index in [9.17, 15) is 4.79 Å². The highest BCUT2D eigenvalue weighted by molar-refractivity contribution is 5.98. The smallest absolute Gasteiger partial charge is 0.251 e. The Kier molecular flexibility index (Phi) is 5.43. The Morgan fingerprint density at radius 2 is 1.57 bits per heavy atom. The zero-order valence-electron chi connectivity index (χ0n) is 13.5. The molecule has 2 aromatic rings. The van der Waals surface area contributed by atoms with Crippen LogP contribution >= 0.6 is 0 Å². The standard InChI is InChI=1S/C12H17N.C8H7NO/c1-3-7-12(8-4-1)11-13-9-5-2-6-10-13;10-8-7-4-2-1-3-6(7)5-9-8/h1,3-4,7-8H,2,5-6,9-11H2;1-4H,5H2,(H,9,10). The van der Waals surface area contributed by atoms with E-state index in [2.05, 4.69) is 40.5 Å². The Balaban J connectivity index is 0.000000140. The van der Waals surface area contributed by atoms with Crippen LogP contribution in [0.15, 0.2) is 54.6 Å². The molecule has 2 heterocycles. The van der Waals surface area contributed by atoms with Gasteiger partial charge in [0.25, 0.3) is 5.91 Å². The van der Waals surface area contributed by atoms with Gasteiger partial charge < -0.3 is 5.32 Å². The van der Waals surface area contributed by atoms with E-state index in [1.165, 1.54) is 37.9 Å². The summed E-state index contributed by atoms with van der Waals surface area (Å²) in [6, 6.07) is 18.4. The molecule has 2 aromatic carbocycles. The van der Waals surface area contributed by atoms with Crippen molar-refractivity contribution in [2.75, 3.05) is 13.1 Å². The first-order valence-electron chi connectivity index (χ1n) is 8.45. The number of benzene rings is 2.